The van der Waals surface area contributed by atoms with Gasteiger partial charge in [-0.25, -0.2) is 4.98 Å². The lowest BCUT2D eigenvalue weighted by Crippen LogP contribution is -2.37. The lowest BCUT2D eigenvalue weighted by Gasteiger charge is -2.21. The Labute approximate surface area is 164 Å². The third-order valence-electron chi connectivity index (χ3n) is 4.41. The zero-order valence-corrected chi connectivity index (χ0v) is 16.4. The zero-order chi connectivity index (χ0) is 19.1. The maximum atomic E-state index is 12.8. The van der Waals surface area contributed by atoms with Crippen LogP contribution in [0, 0.1) is 6.92 Å². The zero-order valence-electron chi connectivity index (χ0n) is 15.6. The lowest BCUT2D eigenvalue weighted by atomic mass is 10.1. The van der Waals surface area contributed by atoms with E-state index >= 15 is 0 Å². The summed E-state index contributed by atoms with van der Waals surface area (Å²) in [6.07, 6.45) is 1.15. The molecule has 1 aromatic heterocycles. The molecule has 3 rings (SSSR count). The van der Waals surface area contributed by atoms with Crippen molar-refractivity contribution in [2.75, 3.05) is 19.6 Å². The number of nitrogens with zero attached hydrogens (tertiary/aromatic N) is 2. The van der Waals surface area contributed by atoms with Gasteiger partial charge in [-0.05, 0) is 25.0 Å². The highest BCUT2D eigenvalue weighted by Crippen LogP contribution is 2.24. The average Bonchev–Trinajstić information content (AvgIpc) is 3.14. The van der Waals surface area contributed by atoms with Crippen molar-refractivity contribution in [3.8, 4) is 10.6 Å². The number of carbonyl (C=O) groups excluding carboxylic acids is 1. The number of benzene rings is 2. The van der Waals surface area contributed by atoms with E-state index in [1.54, 1.807) is 11.3 Å². The van der Waals surface area contributed by atoms with Crippen LogP contribution in [0.2, 0.25) is 0 Å². The van der Waals surface area contributed by atoms with Crippen LogP contribution < -0.4 is 5.73 Å². The van der Waals surface area contributed by atoms with E-state index < -0.39 is 0 Å². The molecule has 140 valence electrons. The SMILES string of the molecule is Cc1cccc(-c2nc(CC(=O)N(CCN)CCc3ccccc3)cs2)c1. The fourth-order valence-corrected chi connectivity index (χ4v) is 3.81. The van der Waals surface area contributed by atoms with Crippen molar-refractivity contribution in [3.63, 3.8) is 0 Å². The molecule has 2 aromatic carbocycles. The molecule has 3 aromatic rings. The van der Waals surface area contributed by atoms with Gasteiger partial charge in [0.05, 0.1) is 12.1 Å². The number of rotatable bonds is 8. The second-order valence-electron chi connectivity index (χ2n) is 6.60. The van der Waals surface area contributed by atoms with Gasteiger partial charge in [-0.2, -0.15) is 0 Å². The summed E-state index contributed by atoms with van der Waals surface area (Å²) in [6, 6.07) is 18.5. The van der Waals surface area contributed by atoms with E-state index in [9.17, 15) is 4.79 Å². The smallest absolute Gasteiger partial charge is 0.228 e. The maximum Gasteiger partial charge on any atom is 0.228 e. The first-order chi connectivity index (χ1) is 13.2. The van der Waals surface area contributed by atoms with E-state index in [-0.39, 0.29) is 5.91 Å². The van der Waals surface area contributed by atoms with Crippen LogP contribution >= 0.6 is 11.3 Å². The van der Waals surface area contributed by atoms with Gasteiger partial charge in [0.15, 0.2) is 0 Å². The normalized spacial score (nSPS) is 10.7. The molecule has 0 unspecified atom stereocenters. The van der Waals surface area contributed by atoms with Gasteiger partial charge in [-0.3, -0.25) is 4.79 Å². The van der Waals surface area contributed by atoms with Crippen LogP contribution in [0.15, 0.2) is 60.0 Å². The van der Waals surface area contributed by atoms with Crippen molar-refractivity contribution < 1.29 is 4.79 Å². The highest BCUT2D eigenvalue weighted by Gasteiger charge is 2.15. The van der Waals surface area contributed by atoms with Gasteiger partial charge in [-0.1, -0.05) is 54.1 Å². The Hall–Kier alpha value is -2.50. The number of thiazole rings is 1. The van der Waals surface area contributed by atoms with Crippen molar-refractivity contribution in [3.05, 3.63) is 76.8 Å². The molecule has 27 heavy (non-hydrogen) atoms. The standard InChI is InChI=1S/C22H25N3OS/c1-17-6-5-9-19(14-17)22-24-20(16-27-22)15-21(26)25(13-11-23)12-10-18-7-3-2-4-8-18/h2-9,14,16H,10-13,15,23H2,1H3. The number of hydrogen-bond acceptors (Lipinski definition) is 4. The predicted molar refractivity (Wildman–Crippen MR) is 112 cm³/mol. The molecule has 1 heterocycles. The predicted octanol–water partition coefficient (Wildman–Crippen LogP) is 3.69. The van der Waals surface area contributed by atoms with Crippen molar-refractivity contribution >= 4 is 17.2 Å². The Balaban J connectivity index is 1.63. The Bertz CT molecular complexity index is 876. The lowest BCUT2D eigenvalue weighted by molar-refractivity contribution is -0.130. The molecule has 0 saturated heterocycles. The summed E-state index contributed by atoms with van der Waals surface area (Å²) in [4.78, 5) is 19.3. The summed E-state index contributed by atoms with van der Waals surface area (Å²) in [7, 11) is 0. The average molecular weight is 380 g/mol. The highest BCUT2D eigenvalue weighted by atomic mass is 32.1. The number of amides is 1. The second-order valence-corrected chi connectivity index (χ2v) is 7.45. The van der Waals surface area contributed by atoms with E-state index in [1.807, 2.05) is 34.5 Å². The van der Waals surface area contributed by atoms with Gasteiger partial charge in [-0.15, -0.1) is 11.3 Å². The number of aryl methyl sites for hydroxylation is 1. The number of aromatic nitrogens is 1. The highest BCUT2D eigenvalue weighted by molar-refractivity contribution is 7.13. The minimum Gasteiger partial charge on any atom is -0.341 e. The molecule has 0 atom stereocenters. The minimum absolute atomic E-state index is 0.0810. The first-order valence-electron chi connectivity index (χ1n) is 9.19. The quantitative estimate of drug-likeness (QED) is 0.649. The van der Waals surface area contributed by atoms with E-state index in [2.05, 4.69) is 42.2 Å². The molecule has 4 nitrogen and oxygen atoms in total. The molecule has 2 N–H and O–H groups in total. The van der Waals surface area contributed by atoms with Crippen LogP contribution in [0.4, 0.5) is 0 Å². The fraction of sp³-hybridized carbons (Fsp3) is 0.273. The fourth-order valence-electron chi connectivity index (χ4n) is 2.99. The molecule has 0 fully saturated rings. The molecule has 0 aliphatic rings. The molecule has 0 spiro atoms. The molecular weight excluding hydrogens is 354 g/mol. The maximum absolute atomic E-state index is 12.8. The van der Waals surface area contributed by atoms with Gasteiger partial charge < -0.3 is 10.6 Å². The van der Waals surface area contributed by atoms with Crippen LogP contribution in [0.25, 0.3) is 10.6 Å². The molecule has 1 amide bonds. The third-order valence-corrected chi connectivity index (χ3v) is 5.35. The summed E-state index contributed by atoms with van der Waals surface area (Å²) >= 11 is 1.58. The summed E-state index contributed by atoms with van der Waals surface area (Å²) < 4.78 is 0. The van der Waals surface area contributed by atoms with Gasteiger partial charge in [0.2, 0.25) is 5.91 Å². The topological polar surface area (TPSA) is 59.2 Å². The van der Waals surface area contributed by atoms with Crippen molar-refractivity contribution in [1.29, 1.82) is 0 Å². The molecule has 0 bridgehead atoms. The minimum atomic E-state index is 0.0810. The Morgan fingerprint density at radius 1 is 1.11 bits per heavy atom. The number of nitrogens with two attached hydrogens (primary N) is 1. The van der Waals surface area contributed by atoms with Crippen molar-refractivity contribution in [2.24, 2.45) is 5.73 Å². The number of hydrogen-bond donors (Lipinski definition) is 1. The summed E-state index contributed by atoms with van der Waals surface area (Å²) in [5.41, 5.74) is 10.1. The van der Waals surface area contributed by atoms with E-state index in [1.165, 1.54) is 11.1 Å². The van der Waals surface area contributed by atoms with E-state index in [0.717, 1.165) is 22.7 Å². The molecular formula is C22H25N3OS. The van der Waals surface area contributed by atoms with Gasteiger partial charge >= 0.3 is 0 Å². The van der Waals surface area contributed by atoms with Gasteiger partial charge in [0.25, 0.3) is 0 Å². The summed E-state index contributed by atoms with van der Waals surface area (Å²) in [5.74, 6) is 0.0810. The Kier molecular flexibility index (Phi) is 6.74. The molecule has 5 heteroatoms. The summed E-state index contributed by atoms with van der Waals surface area (Å²) in [5, 5.41) is 2.93. The molecule has 0 saturated carbocycles. The largest absolute Gasteiger partial charge is 0.341 e. The Morgan fingerprint density at radius 2 is 1.93 bits per heavy atom. The van der Waals surface area contributed by atoms with Gasteiger partial charge in [0, 0.05) is 30.6 Å². The van der Waals surface area contributed by atoms with Crippen LogP contribution in [0.5, 0.6) is 0 Å². The first-order valence-corrected chi connectivity index (χ1v) is 10.1. The van der Waals surface area contributed by atoms with Crippen LogP contribution in [0.1, 0.15) is 16.8 Å². The van der Waals surface area contributed by atoms with Crippen molar-refractivity contribution in [1.82, 2.24) is 9.88 Å². The first kappa shape index (κ1) is 19.3. The monoisotopic (exact) mass is 379 g/mol. The molecule has 0 aliphatic carbocycles. The second kappa shape index (κ2) is 9.44. The molecule has 0 radical (unpaired) electrons. The molecule has 0 aliphatic heterocycles. The third kappa shape index (κ3) is 5.49. The van der Waals surface area contributed by atoms with Crippen LogP contribution in [-0.4, -0.2) is 35.4 Å². The van der Waals surface area contributed by atoms with E-state index in [4.69, 9.17) is 5.73 Å². The van der Waals surface area contributed by atoms with Gasteiger partial charge in [0.1, 0.15) is 5.01 Å². The Morgan fingerprint density at radius 3 is 2.67 bits per heavy atom. The van der Waals surface area contributed by atoms with Crippen LogP contribution in [-0.2, 0) is 17.6 Å². The number of carbonyl (C=O) groups is 1. The van der Waals surface area contributed by atoms with Crippen molar-refractivity contribution in [2.45, 2.75) is 19.8 Å². The van der Waals surface area contributed by atoms with E-state index in [0.29, 0.717) is 26.1 Å². The van der Waals surface area contributed by atoms with Crippen LogP contribution in [0.3, 0.4) is 0 Å². The summed E-state index contributed by atoms with van der Waals surface area (Å²) in [6.45, 7) is 3.78.